The molecular weight excluding hydrogens is 302 g/mol. The molecule has 3 atom stereocenters. The van der Waals surface area contributed by atoms with Crippen LogP contribution in [-0.2, 0) is 10.3 Å². The molecule has 2 fully saturated rings. The lowest BCUT2D eigenvalue weighted by molar-refractivity contribution is -0.168. The summed E-state index contributed by atoms with van der Waals surface area (Å²) in [6, 6.07) is 3.49. The van der Waals surface area contributed by atoms with Gasteiger partial charge >= 0.3 is 0 Å². The average molecular weight is 326 g/mol. The number of hydrogen-bond donors (Lipinski definition) is 1. The molecule has 1 aromatic rings. The smallest absolute Gasteiger partial charge is 0.248 e. The van der Waals surface area contributed by atoms with Crippen molar-refractivity contribution < 1.29 is 9.53 Å². The summed E-state index contributed by atoms with van der Waals surface area (Å²) < 4.78 is 6.07. The Morgan fingerprint density at radius 1 is 1.41 bits per heavy atom. The van der Waals surface area contributed by atoms with Gasteiger partial charge in [-0.1, -0.05) is 6.42 Å². The van der Waals surface area contributed by atoms with Crippen LogP contribution in [0, 0.1) is 11.8 Å². The van der Waals surface area contributed by atoms with Gasteiger partial charge in [0.1, 0.15) is 5.60 Å². The number of aromatic nitrogens is 1. The lowest BCUT2D eigenvalue weighted by Gasteiger charge is -2.54. The van der Waals surface area contributed by atoms with Gasteiger partial charge in [0.15, 0.2) is 0 Å². The van der Waals surface area contributed by atoms with Crippen molar-refractivity contribution in [1.29, 1.82) is 0 Å². The van der Waals surface area contributed by atoms with Crippen molar-refractivity contribution in [2.75, 3.05) is 27.2 Å². The van der Waals surface area contributed by atoms with Gasteiger partial charge in [-0.3, -0.25) is 9.78 Å². The molecule has 1 aliphatic heterocycles. The second kappa shape index (κ2) is 6.52. The molecule has 2 aliphatic rings. The highest BCUT2D eigenvalue weighted by molar-refractivity contribution is 5.92. The Hall–Kier alpha value is -1.17. The van der Waals surface area contributed by atoms with Gasteiger partial charge in [-0.25, -0.2) is 0 Å². The number of pyridine rings is 1. The normalized spacial score (nSPS) is 31.4. The lowest BCUT2D eigenvalue weighted by atomic mass is 9.63. The molecule has 0 radical (unpaired) electrons. The molecule has 1 aliphatic carbocycles. The standard InChI is InChI=1S/C16H23N3O2.ClH/c1-19-9-12-4-3-5-13(10-19)16(12,21-2)14-8-11(15(17)20)6-7-18-14;/h6-8,12-13H,3-5,9-10H2,1-2H3,(H2,17,20);1H/t12-,13+,16-;. The third kappa shape index (κ3) is 2.62. The Morgan fingerprint density at radius 3 is 2.59 bits per heavy atom. The van der Waals surface area contributed by atoms with Crippen LogP contribution in [0.4, 0.5) is 0 Å². The number of piperidine rings is 1. The van der Waals surface area contributed by atoms with Crippen LogP contribution in [0.5, 0.6) is 0 Å². The number of primary amides is 1. The van der Waals surface area contributed by atoms with Crippen molar-refractivity contribution in [2.24, 2.45) is 17.6 Å². The summed E-state index contributed by atoms with van der Waals surface area (Å²) in [5.74, 6) is 0.411. The first-order valence-corrected chi connectivity index (χ1v) is 7.58. The summed E-state index contributed by atoms with van der Waals surface area (Å²) in [7, 11) is 3.94. The number of carbonyl (C=O) groups is 1. The van der Waals surface area contributed by atoms with Crippen LogP contribution >= 0.6 is 12.4 Å². The molecule has 22 heavy (non-hydrogen) atoms. The van der Waals surface area contributed by atoms with Crippen molar-refractivity contribution in [3.8, 4) is 0 Å². The fraction of sp³-hybridized carbons (Fsp3) is 0.625. The molecular formula is C16H24ClN3O2. The minimum absolute atomic E-state index is 0. The lowest BCUT2D eigenvalue weighted by Crippen LogP contribution is -2.58. The molecule has 5 nitrogen and oxygen atoms in total. The maximum absolute atomic E-state index is 11.5. The summed E-state index contributed by atoms with van der Waals surface area (Å²) in [5, 5.41) is 0. The van der Waals surface area contributed by atoms with Crippen LogP contribution in [0.2, 0.25) is 0 Å². The van der Waals surface area contributed by atoms with E-state index < -0.39 is 5.91 Å². The molecule has 1 saturated heterocycles. The van der Waals surface area contributed by atoms with E-state index in [1.165, 1.54) is 6.42 Å². The van der Waals surface area contributed by atoms with Crippen molar-refractivity contribution in [2.45, 2.75) is 24.9 Å². The third-order valence-corrected chi connectivity index (χ3v) is 5.16. The first kappa shape index (κ1) is 17.2. The van der Waals surface area contributed by atoms with Gasteiger partial charge in [-0.2, -0.15) is 0 Å². The number of hydrogen-bond acceptors (Lipinski definition) is 4. The summed E-state index contributed by atoms with van der Waals surface area (Å²) in [4.78, 5) is 18.4. The molecule has 1 amide bonds. The first-order chi connectivity index (χ1) is 10.1. The fourth-order valence-corrected chi connectivity index (χ4v) is 4.31. The maximum atomic E-state index is 11.5. The van der Waals surface area contributed by atoms with E-state index in [0.29, 0.717) is 17.4 Å². The Balaban J connectivity index is 0.00000176. The molecule has 122 valence electrons. The first-order valence-electron chi connectivity index (χ1n) is 7.58. The van der Waals surface area contributed by atoms with Gasteiger partial charge in [0, 0.05) is 43.8 Å². The number of nitrogens with two attached hydrogens (primary N) is 1. The minimum atomic E-state index is -0.414. The van der Waals surface area contributed by atoms with Crippen LogP contribution in [-0.4, -0.2) is 43.0 Å². The Labute approximate surface area is 137 Å². The second-order valence-electron chi connectivity index (χ2n) is 6.34. The van der Waals surface area contributed by atoms with E-state index in [-0.39, 0.29) is 18.0 Å². The van der Waals surface area contributed by atoms with Crippen LogP contribution in [0.3, 0.4) is 0 Å². The zero-order chi connectivity index (χ0) is 15.0. The summed E-state index contributed by atoms with van der Waals surface area (Å²) in [6.07, 6.45) is 5.18. The van der Waals surface area contributed by atoms with Gasteiger partial charge in [-0.05, 0) is 32.0 Å². The molecule has 0 spiro atoms. The van der Waals surface area contributed by atoms with E-state index in [9.17, 15) is 4.79 Å². The average Bonchev–Trinajstić information content (AvgIpc) is 2.46. The van der Waals surface area contributed by atoms with Gasteiger partial charge in [0.25, 0.3) is 0 Å². The van der Waals surface area contributed by atoms with E-state index in [1.807, 2.05) is 6.07 Å². The van der Waals surface area contributed by atoms with Gasteiger partial charge < -0.3 is 15.4 Å². The molecule has 1 saturated carbocycles. The molecule has 0 aromatic carbocycles. The zero-order valence-corrected chi connectivity index (χ0v) is 13.9. The van der Waals surface area contributed by atoms with Crippen LogP contribution < -0.4 is 5.73 Å². The number of likely N-dealkylation sites (tertiary alicyclic amines) is 1. The number of nitrogens with zero attached hydrogens (tertiary/aromatic N) is 2. The number of methoxy groups -OCH3 is 1. The highest BCUT2D eigenvalue weighted by atomic mass is 35.5. The molecule has 6 heteroatoms. The van der Waals surface area contributed by atoms with E-state index >= 15 is 0 Å². The summed E-state index contributed by atoms with van der Waals surface area (Å²) >= 11 is 0. The minimum Gasteiger partial charge on any atom is -0.371 e. The van der Waals surface area contributed by atoms with Gasteiger partial charge in [0.2, 0.25) is 5.91 Å². The van der Waals surface area contributed by atoms with E-state index in [2.05, 4.69) is 16.9 Å². The fourth-order valence-electron chi connectivity index (χ4n) is 4.31. The topological polar surface area (TPSA) is 68.5 Å². The predicted molar refractivity (Wildman–Crippen MR) is 87.0 cm³/mol. The van der Waals surface area contributed by atoms with Crippen molar-refractivity contribution in [1.82, 2.24) is 9.88 Å². The highest BCUT2D eigenvalue weighted by Crippen LogP contribution is 2.50. The molecule has 2 bridgehead atoms. The number of fused-ring (bicyclic) bond motifs is 2. The largest absolute Gasteiger partial charge is 0.371 e. The van der Waals surface area contributed by atoms with Crippen LogP contribution in [0.25, 0.3) is 0 Å². The van der Waals surface area contributed by atoms with E-state index in [1.54, 1.807) is 19.4 Å². The Kier molecular flexibility index (Phi) is 5.10. The predicted octanol–water partition coefficient (Wildman–Crippen LogP) is 1.81. The Bertz CT molecular complexity index is 538. The SMILES string of the molecule is CO[C@]1(c2cc(C(N)=O)ccn2)[C@@H]2CCC[C@H]1CN(C)C2.Cl. The van der Waals surface area contributed by atoms with Crippen molar-refractivity contribution >= 4 is 18.3 Å². The maximum Gasteiger partial charge on any atom is 0.248 e. The van der Waals surface area contributed by atoms with Gasteiger partial charge in [-0.15, -0.1) is 12.4 Å². The van der Waals surface area contributed by atoms with E-state index in [0.717, 1.165) is 31.6 Å². The van der Waals surface area contributed by atoms with Crippen molar-refractivity contribution in [3.05, 3.63) is 29.6 Å². The Morgan fingerprint density at radius 2 is 2.05 bits per heavy atom. The zero-order valence-electron chi connectivity index (χ0n) is 13.1. The second-order valence-corrected chi connectivity index (χ2v) is 6.34. The van der Waals surface area contributed by atoms with Gasteiger partial charge in [0.05, 0.1) is 5.69 Å². The molecule has 2 N–H and O–H groups in total. The molecule has 3 rings (SSSR count). The number of carbonyl (C=O) groups excluding carboxylic acids is 1. The quantitative estimate of drug-likeness (QED) is 0.920. The third-order valence-electron chi connectivity index (χ3n) is 5.16. The summed E-state index contributed by atoms with van der Waals surface area (Å²) in [6.45, 7) is 2.01. The molecule has 1 aromatic heterocycles. The highest BCUT2D eigenvalue weighted by Gasteiger charge is 2.53. The number of rotatable bonds is 3. The molecule has 0 unspecified atom stereocenters. The number of ether oxygens (including phenoxy) is 1. The molecule has 2 heterocycles. The van der Waals surface area contributed by atoms with Crippen LogP contribution in [0.15, 0.2) is 18.3 Å². The monoisotopic (exact) mass is 325 g/mol. The van der Waals surface area contributed by atoms with Crippen LogP contribution in [0.1, 0.15) is 35.3 Å². The van der Waals surface area contributed by atoms with Crippen molar-refractivity contribution in [3.63, 3.8) is 0 Å². The van der Waals surface area contributed by atoms with E-state index in [4.69, 9.17) is 10.5 Å². The summed E-state index contributed by atoms with van der Waals surface area (Å²) in [5.41, 5.74) is 6.41. The number of amides is 1. The number of halogens is 1.